The van der Waals surface area contributed by atoms with E-state index in [-0.39, 0.29) is 6.03 Å². The molecule has 0 bridgehead atoms. The number of rotatable bonds is 2. The Balaban J connectivity index is 2.38. The Kier molecular flexibility index (Phi) is 2.68. The summed E-state index contributed by atoms with van der Waals surface area (Å²) in [4.78, 5) is 10.7. The molecule has 0 fully saturated rings. The number of carbonyl (C=O) groups is 1. The van der Waals surface area contributed by atoms with E-state index < -0.39 is 0 Å². The third-order valence-corrected chi connectivity index (χ3v) is 1.44. The van der Waals surface area contributed by atoms with Crippen molar-refractivity contribution in [2.45, 2.75) is 6.54 Å². The molecule has 1 aromatic rings. The fourth-order valence-corrected chi connectivity index (χ4v) is 0.834. The summed E-state index contributed by atoms with van der Waals surface area (Å²) in [5.74, 6) is 0. The maximum absolute atomic E-state index is 10.7. The number of nitrogens with zero attached hydrogens (tertiary/aromatic N) is 2. The van der Waals surface area contributed by atoms with E-state index >= 15 is 0 Å². The van der Waals surface area contributed by atoms with Gasteiger partial charge in [0.15, 0.2) is 0 Å². The van der Waals surface area contributed by atoms with Crippen LogP contribution >= 0.6 is 0 Å². The van der Waals surface area contributed by atoms with E-state index in [1.54, 1.807) is 17.9 Å². The van der Waals surface area contributed by atoms with Crippen LogP contribution < -0.4 is 10.6 Å². The zero-order chi connectivity index (χ0) is 8.97. The Bertz CT molecular complexity index is 268. The summed E-state index contributed by atoms with van der Waals surface area (Å²) in [6, 6.07) is -0.182. The van der Waals surface area contributed by atoms with Crippen LogP contribution in [0.3, 0.4) is 0 Å². The number of aryl methyl sites for hydroxylation is 1. The molecule has 1 heterocycles. The van der Waals surface area contributed by atoms with Crippen LogP contribution in [0.1, 0.15) is 5.56 Å². The van der Waals surface area contributed by atoms with Crippen molar-refractivity contribution in [2.75, 3.05) is 7.05 Å². The van der Waals surface area contributed by atoms with E-state index in [2.05, 4.69) is 15.7 Å². The van der Waals surface area contributed by atoms with Crippen molar-refractivity contribution in [2.24, 2.45) is 7.05 Å². The normalized spacial score (nSPS) is 9.50. The minimum Gasteiger partial charge on any atom is -0.341 e. The van der Waals surface area contributed by atoms with Crippen LogP contribution in [0.25, 0.3) is 0 Å². The van der Waals surface area contributed by atoms with Gasteiger partial charge in [-0.25, -0.2) is 4.79 Å². The minimum atomic E-state index is -0.182. The first-order valence-corrected chi connectivity index (χ1v) is 3.65. The lowest BCUT2D eigenvalue weighted by Crippen LogP contribution is -2.31. The average Bonchev–Trinajstić information content (AvgIpc) is 2.47. The van der Waals surface area contributed by atoms with E-state index in [1.807, 2.05) is 13.2 Å². The van der Waals surface area contributed by atoms with Crippen LogP contribution in [0.4, 0.5) is 4.79 Å². The van der Waals surface area contributed by atoms with Gasteiger partial charge in [-0.2, -0.15) is 5.10 Å². The molecule has 1 rings (SSSR count). The first-order chi connectivity index (χ1) is 5.72. The molecule has 0 unspecified atom stereocenters. The molecule has 2 amide bonds. The Hall–Kier alpha value is -1.52. The highest BCUT2D eigenvalue weighted by atomic mass is 16.2. The lowest BCUT2D eigenvalue weighted by Gasteiger charge is -2.00. The number of urea groups is 1. The fourth-order valence-electron chi connectivity index (χ4n) is 0.834. The van der Waals surface area contributed by atoms with Gasteiger partial charge in [0.2, 0.25) is 0 Å². The number of nitrogens with one attached hydrogen (secondary N) is 2. The molecule has 1 aromatic heterocycles. The molecule has 0 saturated heterocycles. The molecule has 0 atom stereocenters. The minimum absolute atomic E-state index is 0.182. The van der Waals surface area contributed by atoms with Gasteiger partial charge in [0.25, 0.3) is 0 Å². The van der Waals surface area contributed by atoms with Gasteiger partial charge in [0.1, 0.15) is 0 Å². The van der Waals surface area contributed by atoms with Crippen molar-refractivity contribution in [3.05, 3.63) is 18.0 Å². The molecule has 0 aliphatic heterocycles. The fraction of sp³-hybridized carbons (Fsp3) is 0.429. The summed E-state index contributed by atoms with van der Waals surface area (Å²) in [6.07, 6.45) is 3.58. The topological polar surface area (TPSA) is 59.0 Å². The predicted octanol–water partition coefficient (Wildman–Crippen LogP) is -0.151. The van der Waals surface area contributed by atoms with Crippen molar-refractivity contribution in [3.8, 4) is 0 Å². The van der Waals surface area contributed by atoms with Crippen LogP contribution in [0.15, 0.2) is 12.4 Å². The van der Waals surface area contributed by atoms with Gasteiger partial charge >= 0.3 is 6.03 Å². The summed E-state index contributed by atoms with van der Waals surface area (Å²) in [5.41, 5.74) is 0.987. The molecule has 2 N–H and O–H groups in total. The zero-order valence-corrected chi connectivity index (χ0v) is 7.16. The van der Waals surface area contributed by atoms with Gasteiger partial charge in [0, 0.05) is 32.4 Å². The maximum Gasteiger partial charge on any atom is 0.314 e. The molecular formula is C7H12N4O. The molecule has 5 heteroatoms. The van der Waals surface area contributed by atoms with Crippen molar-refractivity contribution >= 4 is 6.03 Å². The lowest BCUT2D eigenvalue weighted by atomic mass is 10.4. The third-order valence-electron chi connectivity index (χ3n) is 1.44. The molecule has 66 valence electrons. The van der Waals surface area contributed by atoms with Crippen LogP contribution in [0.5, 0.6) is 0 Å². The third kappa shape index (κ3) is 2.26. The molecule has 0 spiro atoms. The highest BCUT2D eigenvalue weighted by molar-refractivity contribution is 5.73. The van der Waals surface area contributed by atoms with E-state index in [0.717, 1.165) is 5.56 Å². The van der Waals surface area contributed by atoms with Gasteiger partial charge in [-0.3, -0.25) is 4.68 Å². The SMILES string of the molecule is CNC(=O)NCc1cnn(C)c1. The monoisotopic (exact) mass is 168 g/mol. The van der Waals surface area contributed by atoms with Gasteiger partial charge in [-0.05, 0) is 0 Å². The Morgan fingerprint density at radius 3 is 3.00 bits per heavy atom. The molecule has 12 heavy (non-hydrogen) atoms. The quantitative estimate of drug-likeness (QED) is 0.645. The molecule has 0 aromatic carbocycles. The number of hydrogen-bond donors (Lipinski definition) is 2. The second-order valence-electron chi connectivity index (χ2n) is 2.45. The lowest BCUT2D eigenvalue weighted by molar-refractivity contribution is 0.242. The van der Waals surface area contributed by atoms with Gasteiger partial charge in [-0.1, -0.05) is 0 Å². The Labute approximate surface area is 70.8 Å². The predicted molar refractivity (Wildman–Crippen MR) is 44.5 cm³/mol. The summed E-state index contributed by atoms with van der Waals surface area (Å²) in [7, 11) is 3.42. The second kappa shape index (κ2) is 3.75. The number of amides is 2. The maximum atomic E-state index is 10.7. The average molecular weight is 168 g/mol. The molecule has 0 saturated carbocycles. The molecule has 0 radical (unpaired) electrons. The van der Waals surface area contributed by atoms with Crippen LogP contribution in [-0.4, -0.2) is 22.9 Å². The van der Waals surface area contributed by atoms with Gasteiger partial charge < -0.3 is 10.6 Å². The van der Waals surface area contributed by atoms with Crippen molar-refractivity contribution < 1.29 is 4.79 Å². The number of carbonyl (C=O) groups excluding carboxylic acids is 1. The second-order valence-corrected chi connectivity index (χ2v) is 2.45. The van der Waals surface area contributed by atoms with Crippen molar-refractivity contribution in [1.82, 2.24) is 20.4 Å². The van der Waals surface area contributed by atoms with Crippen molar-refractivity contribution in [1.29, 1.82) is 0 Å². The molecule has 5 nitrogen and oxygen atoms in total. The number of aromatic nitrogens is 2. The Morgan fingerprint density at radius 2 is 2.50 bits per heavy atom. The van der Waals surface area contributed by atoms with Crippen LogP contribution in [0.2, 0.25) is 0 Å². The highest BCUT2D eigenvalue weighted by Crippen LogP contribution is 1.93. The van der Waals surface area contributed by atoms with Crippen LogP contribution in [0, 0.1) is 0 Å². The van der Waals surface area contributed by atoms with Crippen LogP contribution in [-0.2, 0) is 13.6 Å². The van der Waals surface area contributed by atoms with Gasteiger partial charge in [-0.15, -0.1) is 0 Å². The largest absolute Gasteiger partial charge is 0.341 e. The van der Waals surface area contributed by atoms with E-state index in [0.29, 0.717) is 6.54 Å². The first kappa shape index (κ1) is 8.58. The first-order valence-electron chi connectivity index (χ1n) is 3.65. The summed E-state index contributed by atoms with van der Waals surface area (Å²) in [5, 5.41) is 9.09. The van der Waals surface area contributed by atoms with Gasteiger partial charge in [0.05, 0.1) is 6.20 Å². The molecular weight excluding hydrogens is 156 g/mol. The van der Waals surface area contributed by atoms with E-state index in [4.69, 9.17) is 0 Å². The standard InChI is InChI=1S/C7H12N4O/c1-8-7(12)9-3-6-4-10-11(2)5-6/h4-5H,3H2,1-2H3,(H2,8,9,12). The zero-order valence-electron chi connectivity index (χ0n) is 7.16. The smallest absolute Gasteiger partial charge is 0.314 e. The van der Waals surface area contributed by atoms with Crippen molar-refractivity contribution in [3.63, 3.8) is 0 Å². The molecule has 0 aliphatic carbocycles. The number of hydrogen-bond acceptors (Lipinski definition) is 2. The highest BCUT2D eigenvalue weighted by Gasteiger charge is 1.97. The molecule has 0 aliphatic rings. The summed E-state index contributed by atoms with van der Waals surface area (Å²) < 4.78 is 1.70. The summed E-state index contributed by atoms with van der Waals surface area (Å²) in [6.45, 7) is 0.507. The van der Waals surface area contributed by atoms with E-state index in [1.165, 1.54) is 0 Å². The Morgan fingerprint density at radius 1 is 1.75 bits per heavy atom. The van der Waals surface area contributed by atoms with E-state index in [9.17, 15) is 4.79 Å². The summed E-state index contributed by atoms with van der Waals surface area (Å²) >= 11 is 0.